The number of hydrogen-bond acceptors (Lipinski definition) is 4. The largest absolute Gasteiger partial charge is 0.416 e. The number of aryl methyl sites for hydroxylation is 1. The van der Waals surface area contributed by atoms with Crippen molar-refractivity contribution in [3.63, 3.8) is 0 Å². The van der Waals surface area contributed by atoms with Crippen molar-refractivity contribution in [3.05, 3.63) is 57.0 Å². The fourth-order valence-corrected chi connectivity index (χ4v) is 1.67. The quantitative estimate of drug-likeness (QED) is 0.632. The molecular weight excluding hydrogens is 289 g/mol. The Morgan fingerprint density at radius 1 is 1.24 bits per heavy atom. The first-order chi connectivity index (χ1) is 9.79. The molecule has 0 unspecified atom stereocenters. The smallest absolute Gasteiger partial charge is 0.354 e. The molecule has 1 heterocycles. The number of halogens is 3. The number of alkyl halides is 3. The van der Waals surface area contributed by atoms with Crippen LogP contribution in [0.25, 0.3) is 12.2 Å². The number of nitrogens with zero attached hydrogens (tertiary/aromatic N) is 2. The van der Waals surface area contributed by atoms with Crippen molar-refractivity contribution in [1.29, 1.82) is 0 Å². The Labute approximate surface area is 116 Å². The van der Waals surface area contributed by atoms with Gasteiger partial charge in [-0.2, -0.15) is 13.2 Å². The fourth-order valence-electron chi connectivity index (χ4n) is 1.67. The minimum atomic E-state index is -4.40. The molecule has 5 nitrogen and oxygen atoms in total. The van der Waals surface area contributed by atoms with Crippen LogP contribution in [-0.2, 0) is 6.18 Å². The predicted octanol–water partition coefficient (Wildman–Crippen LogP) is 4.08. The molecule has 0 radical (unpaired) electrons. The Morgan fingerprint density at radius 3 is 2.38 bits per heavy atom. The molecule has 1 aromatic carbocycles. The van der Waals surface area contributed by atoms with Crippen molar-refractivity contribution in [1.82, 2.24) is 5.16 Å². The van der Waals surface area contributed by atoms with Crippen LogP contribution in [0.3, 0.4) is 0 Å². The average molecular weight is 298 g/mol. The van der Waals surface area contributed by atoms with Crippen molar-refractivity contribution in [3.8, 4) is 0 Å². The van der Waals surface area contributed by atoms with E-state index in [0.29, 0.717) is 5.56 Å². The molecule has 0 atom stereocenters. The van der Waals surface area contributed by atoms with E-state index in [1.807, 2.05) is 0 Å². The number of aromatic nitrogens is 1. The van der Waals surface area contributed by atoms with Crippen LogP contribution in [0.1, 0.15) is 22.6 Å². The maximum absolute atomic E-state index is 12.4. The van der Waals surface area contributed by atoms with Crippen LogP contribution >= 0.6 is 0 Å². The van der Waals surface area contributed by atoms with Crippen LogP contribution < -0.4 is 0 Å². The summed E-state index contributed by atoms with van der Waals surface area (Å²) in [5.41, 5.74) is -0.559. The zero-order valence-electron chi connectivity index (χ0n) is 10.7. The standard InChI is InChI=1S/C13H9F3N2O3/c1-8-12(18(19)20)11(17-21-8)7-4-9-2-5-10(6-3-9)13(14,15)16/h2-7H,1H3. The molecule has 2 rings (SSSR count). The molecule has 0 aliphatic heterocycles. The molecule has 0 saturated carbocycles. The van der Waals surface area contributed by atoms with Gasteiger partial charge in [-0.05, 0) is 23.8 Å². The van der Waals surface area contributed by atoms with Gasteiger partial charge in [0.05, 0.1) is 10.5 Å². The summed E-state index contributed by atoms with van der Waals surface area (Å²) in [5, 5.41) is 14.3. The second-order valence-electron chi connectivity index (χ2n) is 4.18. The molecule has 0 aliphatic rings. The van der Waals surface area contributed by atoms with Crippen LogP contribution in [0, 0.1) is 17.0 Å². The van der Waals surface area contributed by atoms with E-state index in [1.54, 1.807) is 0 Å². The summed E-state index contributed by atoms with van der Waals surface area (Å²) in [6.45, 7) is 1.40. The summed E-state index contributed by atoms with van der Waals surface area (Å²) in [6.07, 6.45) is -1.66. The van der Waals surface area contributed by atoms with E-state index in [1.165, 1.54) is 31.2 Å². The lowest BCUT2D eigenvalue weighted by Gasteiger charge is -2.05. The molecular formula is C13H9F3N2O3. The zero-order chi connectivity index (χ0) is 15.6. The summed E-state index contributed by atoms with van der Waals surface area (Å²) in [4.78, 5) is 10.2. The average Bonchev–Trinajstić information content (AvgIpc) is 2.77. The second-order valence-corrected chi connectivity index (χ2v) is 4.18. The molecule has 0 bridgehead atoms. The van der Waals surface area contributed by atoms with Gasteiger partial charge in [0.2, 0.25) is 5.76 Å². The van der Waals surface area contributed by atoms with E-state index in [0.717, 1.165) is 12.1 Å². The van der Waals surface area contributed by atoms with E-state index in [-0.39, 0.29) is 17.1 Å². The molecule has 8 heteroatoms. The Morgan fingerprint density at radius 2 is 1.86 bits per heavy atom. The monoisotopic (exact) mass is 298 g/mol. The molecule has 1 aromatic heterocycles. The molecule has 0 spiro atoms. The topological polar surface area (TPSA) is 69.2 Å². The highest BCUT2D eigenvalue weighted by Gasteiger charge is 2.29. The van der Waals surface area contributed by atoms with E-state index in [9.17, 15) is 23.3 Å². The van der Waals surface area contributed by atoms with Crippen molar-refractivity contribution in [2.75, 3.05) is 0 Å². The molecule has 2 aromatic rings. The van der Waals surface area contributed by atoms with Crippen LogP contribution in [0.4, 0.5) is 18.9 Å². The fraction of sp³-hybridized carbons (Fsp3) is 0.154. The zero-order valence-corrected chi connectivity index (χ0v) is 10.7. The van der Waals surface area contributed by atoms with Gasteiger partial charge in [0.25, 0.3) is 0 Å². The van der Waals surface area contributed by atoms with Gasteiger partial charge in [0.1, 0.15) is 0 Å². The predicted molar refractivity (Wildman–Crippen MR) is 68.3 cm³/mol. The molecule has 0 aliphatic carbocycles. The van der Waals surface area contributed by atoms with Crippen LogP contribution in [-0.4, -0.2) is 10.1 Å². The van der Waals surface area contributed by atoms with Crippen molar-refractivity contribution in [2.24, 2.45) is 0 Å². The summed E-state index contributed by atoms with van der Waals surface area (Å²) >= 11 is 0. The van der Waals surface area contributed by atoms with Gasteiger partial charge in [-0.25, -0.2) is 0 Å². The minimum Gasteiger partial charge on any atom is -0.354 e. The molecule has 21 heavy (non-hydrogen) atoms. The Balaban J connectivity index is 2.24. The number of hydrogen-bond donors (Lipinski definition) is 0. The van der Waals surface area contributed by atoms with Gasteiger partial charge in [-0.15, -0.1) is 0 Å². The lowest BCUT2D eigenvalue weighted by Crippen LogP contribution is -2.03. The van der Waals surface area contributed by atoms with E-state index in [4.69, 9.17) is 4.52 Å². The van der Waals surface area contributed by atoms with Crippen LogP contribution in [0.5, 0.6) is 0 Å². The third-order valence-corrected chi connectivity index (χ3v) is 2.71. The number of benzene rings is 1. The molecule has 0 saturated heterocycles. The van der Waals surface area contributed by atoms with Gasteiger partial charge in [-0.1, -0.05) is 23.4 Å². The highest BCUT2D eigenvalue weighted by Crippen LogP contribution is 2.29. The van der Waals surface area contributed by atoms with E-state index < -0.39 is 16.7 Å². The van der Waals surface area contributed by atoms with Gasteiger partial charge < -0.3 is 4.52 Å². The number of rotatable bonds is 3. The second kappa shape index (κ2) is 5.39. The first-order valence-electron chi connectivity index (χ1n) is 5.75. The molecule has 0 fully saturated rings. The maximum Gasteiger partial charge on any atom is 0.416 e. The normalized spacial score (nSPS) is 12.0. The highest BCUT2D eigenvalue weighted by atomic mass is 19.4. The van der Waals surface area contributed by atoms with Crippen molar-refractivity contribution >= 4 is 17.8 Å². The first-order valence-corrected chi connectivity index (χ1v) is 5.75. The Kier molecular flexibility index (Phi) is 3.79. The van der Waals surface area contributed by atoms with Gasteiger partial charge in [0, 0.05) is 6.92 Å². The minimum absolute atomic E-state index is 0.0115. The Hall–Kier alpha value is -2.64. The molecule has 0 amide bonds. The van der Waals surface area contributed by atoms with Crippen molar-refractivity contribution in [2.45, 2.75) is 13.1 Å². The SMILES string of the molecule is Cc1onc(C=Cc2ccc(C(F)(F)F)cc2)c1[N+](=O)[O-]. The lowest BCUT2D eigenvalue weighted by atomic mass is 10.1. The van der Waals surface area contributed by atoms with Crippen LogP contribution in [0.15, 0.2) is 28.8 Å². The summed E-state index contributed by atoms with van der Waals surface area (Å²) in [6, 6.07) is 4.39. The van der Waals surface area contributed by atoms with E-state index in [2.05, 4.69) is 5.16 Å². The summed E-state index contributed by atoms with van der Waals surface area (Å²) < 4.78 is 41.9. The third kappa shape index (κ3) is 3.28. The highest BCUT2D eigenvalue weighted by molar-refractivity contribution is 5.72. The Bertz CT molecular complexity index is 688. The van der Waals surface area contributed by atoms with Gasteiger partial charge >= 0.3 is 11.9 Å². The van der Waals surface area contributed by atoms with Crippen LogP contribution in [0.2, 0.25) is 0 Å². The first kappa shape index (κ1) is 14.8. The number of nitro groups is 1. The third-order valence-electron chi connectivity index (χ3n) is 2.71. The molecule has 0 N–H and O–H groups in total. The summed E-state index contributed by atoms with van der Waals surface area (Å²) in [7, 11) is 0. The molecule has 110 valence electrons. The lowest BCUT2D eigenvalue weighted by molar-refractivity contribution is -0.386. The van der Waals surface area contributed by atoms with Crippen molar-refractivity contribution < 1.29 is 22.6 Å². The van der Waals surface area contributed by atoms with E-state index >= 15 is 0 Å². The van der Waals surface area contributed by atoms with Gasteiger partial charge in [-0.3, -0.25) is 10.1 Å². The maximum atomic E-state index is 12.4. The summed E-state index contributed by atoms with van der Waals surface area (Å²) in [5.74, 6) is 0.0621. The van der Waals surface area contributed by atoms with Gasteiger partial charge in [0.15, 0.2) is 5.69 Å².